The van der Waals surface area contributed by atoms with Crippen LogP contribution >= 0.6 is 15.9 Å². The van der Waals surface area contributed by atoms with Gasteiger partial charge in [-0.25, -0.2) is 0 Å². The minimum absolute atomic E-state index is 0.104. The number of ether oxygens (including phenoxy) is 1. The van der Waals surface area contributed by atoms with Gasteiger partial charge in [-0.15, -0.1) is 0 Å². The molecule has 0 aliphatic carbocycles. The Morgan fingerprint density at radius 2 is 1.82 bits per heavy atom. The second-order valence-corrected chi connectivity index (χ2v) is 4.91. The molecule has 0 aliphatic rings. The second-order valence-electron chi connectivity index (χ2n) is 3.99. The number of benzene rings is 2. The van der Waals surface area contributed by atoms with Gasteiger partial charge in [0.2, 0.25) is 0 Å². The van der Waals surface area contributed by atoms with Crippen LogP contribution in [-0.4, -0.2) is 0 Å². The first-order chi connectivity index (χ1) is 8.25. The lowest BCUT2D eigenvalue weighted by atomic mass is 10.1. The Balaban J connectivity index is 1.96. The number of halogens is 1. The molecule has 17 heavy (non-hydrogen) atoms. The van der Waals surface area contributed by atoms with Crippen molar-refractivity contribution in [2.24, 2.45) is 0 Å². The topological polar surface area (TPSA) is 9.23 Å². The van der Waals surface area contributed by atoms with Gasteiger partial charge in [0.15, 0.2) is 0 Å². The summed E-state index contributed by atoms with van der Waals surface area (Å²) in [4.78, 5) is 0. The zero-order valence-electron chi connectivity index (χ0n) is 9.77. The third-order valence-corrected chi connectivity index (χ3v) is 3.15. The zero-order valence-corrected chi connectivity index (χ0v) is 11.4. The lowest BCUT2D eigenvalue weighted by molar-refractivity contribution is 0.0525. The summed E-state index contributed by atoms with van der Waals surface area (Å²) in [7, 11) is 0. The van der Waals surface area contributed by atoms with Gasteiger partial charge in [-0.2, -0.15) is 0 Å². The van der Waals surface area contributed by atoms with Gasteiger partial charge in [0.05, 0.1) is 12.7 Å². The van der Waals surface area contributed by atoms with E-state index in [1.807, 2.05) is 30.3 Å². The molecule has 0 saturated carbocycles. The molecule has 0 bridgehead atoms. The summed E-state index contributed by atoms with van der Waals surface area (Å²) in [6.07, 6.45) is 0.104. The molecule has 2 aromatic rings. The van der Waals surface area contributed by atoms with Gasteiger partial charge in [-0.05, 0) is 30.2 Å². The van der Waals surface area contributed by atoms with Crippen molar-refractivity contribution in [3.8, 4) is 0 Å². The molecule has 0 aromatic heterocycles. The van der Waals surface area contributed by atoms with Crippen molar-refractivity contribution in [2.75, 3.05) is 0 Å². The van der Waals surface area contributed by atoms with E-state index in [9.17, 15) is 0 Å². The highest BCUT2D eigenvalue weighted by atomic mass is 79.9. The highest BCUT2D eigenvalue weighted by Gasteiger charge is 2.05. The van der Waals surface area contributed by atoms with Crippen LogP contribution in [0, 0.1) is 0 Å². The Labute approximate surface area is 111 Å². The third kappa shape index (κ3) is 3.69. The summed E-state index contributed by atoms with van der Waals surface area (Å²) in [5.74, 6) is 0. The smallest absolute Gasteiger partial charge is 0.0801 e. The van der Waals surface area contributed by atoms with Crippen LogP contribution in [0.2, 0.25) is 0 Å². The Hall–Kier alpha value is -1.12. The fourth-order valence-electron chi connectivity index (χ4n) is 1.65. The van der Waals surface area contributed by atoms with Crippen molar-refractivity contribution in [1.82, 2.24) is 0 Å². The fraction of sp³-hybridized carbons (Fsp3) is 0.200. The van der Waals surface area contributed by atoms with Crippen LogP contribution in [0.25, 0.3) is 0 Å². The van der Waals surface area contributed by atoms with Crippen LogP contribution < -0.4 is 0 Å². The number of hydrogen-bond acceptors (Lipinski definition) is 1. The summed E-state index contributed by atoms with van der Waals surface area (Å²) < 4.78 is 6.94. The second kappa shape index (κ2) is 5.99. The van der Waals surface area contributed by atoms with E-state index >= 15 is 0 Å². The molecule has 1 atom stereocenters. The van der Waals surface area contributed by atoms with E-state index in [0.29, 0.717) is 6.61 Å². The van der Waals surface area contributed by atoms with Gasteiger partial charge in [-0.1, -0.05) is 58.4 Å². The maximum absolute atomic E-state index is 5.85. The molecule has 0 amide bonds. The van der Waals surface area contributed by atoms with E-state index in [0.717, 1.165) is 4.47 Å². The van der Waals surface area contributed by atoms with E-state index in [2.05, 4.69) is 47.1 Å². The van der Waals surface area contributed by atoms with Crippen LogP contribution in [0.5, 0.6) is 0 Å². The molecule has 2 heteroatoms. The van der Waals surface area contributed by atoms with Crippen molar-refractivity contribution in [1.29, 1.82) is 0 Å². The Bertz CT molecular complexity index is 467. The standard InChI is InChI=1S/C15H15BrO/c1-12(14-8-5-9-15(16)10-14)17-11-13-6-3-2-4-7-13/h2-10,12H,11H2,1H3. The van der Waals surface area contributed by atoms with Crippen LogP contribution in [-0.2, 0) is 11.3 Å². The molecule has 0 spiro atoms. The van der Waals surface area contributed by atoms with Crippen LogP contribution in [0.4, 0.5) is 0 Å². The first-order valence-corrected chi connectivity index (χ1v) is 6.46. The fourth-order valence-corrected chi connectivity index (χ4v) is 2.07. The van der Waals surface area contributed by atoms with E-state index in [-0.39, 0.29) is 6.10 Å². The molecule has 0 N–H and O–H groups in total. The predicted molar refractivity (Wildman–Crippen MR) is 73.8 cm³/mol. The average molecular weight is 291 g/mol. The Kier molecular flexibility index (Phi) is 4.35. The molecule has 1 nitrogen and oxygen atoms in total. The lowest BCUT2D eigenvalue weighted by Crippen LogP contribution is -2.00. The summed E-state index contributed by atoms with van der Waals surface area (Å²) in [5, 5.41) is 0. The summed E-state index contributed by atoms with van der Waals surface area (Å²) in [6, 6.07) is 18.5. The van der Waals surface area contributed by atoms with Crippen molar-refractivity contribution in [2.45, 2.75) is 19.6 Å². The monoisotopic (exact) mass is 290 g/mol. The van der Waals surface area contributed by atoms with Gasteiger partial charge < -0.3 is 4.74 Å². The Morgan fingerprint density at radius 1 is 1.06 bits per heavy atom. The van der Waals surface area contributed by atoms with Gasteiger partial charge in [0.25, 0.3) is 0 Å². The highest BCUT2D eigenvalue weighted by molar-refractivity contribution is 9.10. The molecule has 0 radical (unpaired) electrons. The Morgan fingerprint density at radius 3 is 2.53 bits per heavy atom. The van der Waals surface area contributed by atoms with E-state index < -0.39 is 0 Å². The quantitative estimate of drug-likeness (QED) is 0.791. The molecular formula is C15H15BrO. The molecule has 1 unspecified atom stereocenters. The maximum atomic E-state index is 5.85. The molecule has 2 rings (SSSR count). The number of rotatable bonds is 4. The lowest BCUT2D eigenvalue weighted by Gasteiger charge is -2.13. The summed E-state index contributed by atoms with van der Waals surface area (Å²) >= 11 is 3.47. The minimum Gasteiger partial charge on any atom is -0.369 e. The summed E-state index contributed by atoms with van der Waals surface area (Å²) in [5.41, 5.74) is 2.39. The van der Waals surface area contributed by atoms with E-state index in [1.54, 1.807) is 0 Å². The van der Waals surface area contributed by atoms with Crippen LogP contribution in [0.15, 0.2) is 59.1 Å². The summed E-state index contributed by atoms with van der Waals surface area (Å²) in [6.45, 7) is 2.72. The molecule has 0 fully saturated rings. The molecular weight excluding hydrogens is 276 g/mol. The van der Waals surface area contributed by atoms with E-state index in [1.165, 1.54) is 11.1 Å². The van der Waals surface area contributed by atoms with Gasteiger partial charge >= 0.3 is 0 Å². The van der Waals surface area contributed by atoms with Gasteiger partial charge in [0.1, 0.15) is 0 Å². The molecule has 0 saturated heterocycles. The third-order valence-electron chi connectivity index (χ3n) is 2.66. The maximum Gasteiger partial charge on any atom is 0.0801 e. The molecule has 0 aliphatic heterocycles. The average Bonchev–Trinajstić information content (AvgIpc) is 2.37. The first kappa shape index (κ1) is 12.3. The van der Waals surface area contributed by atoms with Gasteiger partial charge in [0, 0.05) is 4.47 Å². The van der Waals surface area contributed by atoms with Gasteiger partial charge in [-0.3, -0.25) is 0 Å². The zero-order chi connectivity index (χ0) is 12.1. The van der Waals surface area contributed by atoms with Crippen molar-refractivity contribution < 1.29 is 4.74 Å². The number of hydrogen-bond donors (Lipinski definition) is 0. The van der Waals surface area contributed by atoms with Crippen LogP contribution in [0.3, 0.4) is 0 Å². The van der Waals surface area contributed by atoms with Crippen molar-refractivity contribution in [3.05, 3.63) is 70.2 Å². The molecule has 88 valence electrons. The van der Waals surface area contributed by atoms with Crippen LogP contribution in [0.1, 0.15) is 24.2 Å². The highest BCUT2D eigenvalue weighted by Crippen LogP contribution is 2.21. The molecule has 2 aromatic carbocycles. The predicted octanol–water partition coefficient (Wildman–Crippen LogP) is 4.73. The SMILES string of the molecule is CC(OCc1ccccc1)c1cccc(Br)c1. The van der Waals surface area contributed by atoms with Crippen molar-refractivity contribution in [3.63, 3.8) is 0 Å². The normalized spacial score (nSPS) is 12.4. The van der Waals surface area contributed by atoms with Crippen molar-refractivity contribution >= 4 is 15.9 Å². The molecule has 0 heterocycles. The minimum atomic E-state index is 0.104. The first-order valence-electron chi connectivity index (χ1n) is 5.66. The van der Waals surface area contributed by atoms with E-state index in [4.69, 9.17) is 4.74 Å². The largest absolute Gasteiger partial charge is 0.369 e.